The SMILES string of the molecule is CCOc1n[nH]c(NC(=O)Cc2ccc(Br)cc2)n1. The first kappa shape index (κ1) is 13.5. The maximum atomic E-state index is 11.8. The Balaban J connectivity index is 1.91. The number of anilines is 1. The zero-order valence-corrected chi connectivity index (χ0v) is 11.9. The maximum Gasteiger partial charge on any atom is 0.337 e. The molecule has 6 nitrogen and oxygen atoms in total. The van der Waals surface area contributed by atoms with E-state index in [-0.39, 0.29) is 24.3 Å². The molecular weight excluding hydrogens is 312 g/mol. The molecule has 0 fully saturated rings. The van der Waals surface area contributed by atoms with E-state index in [1.165, 1.54) is 0 Å². The van der Waals surface area contributed by atoms with E-state index in [0.29, 0.717) is 6.61 Å². The fraction of sp³-hybridized carbons (Fsp3) is 0.250. The molecule has 2 aromatic rings. The zero-order valence-electron chi connectivity index (χ0n) is 10.3. The number of carbonyl (C=O) groups excluding carboxylic acids is 1. The van der Waals surface area contributed by atoms with Crippen molar-refractivity contribution in [3.63, 3.8) is 0 Å². The van der Waals surface area contributed by atoms with Gasteiger partial charge < -0.3 is 4.74 Å². The topological polar surface area (TPSA) is 79.9 Å². The minimum absolute atomic E-state index is 0.165. The average Bonchev–Trinajstić information content (AvgIpc) is 2.80. The summed E-state index contributed by atoms with van der Waals surface area (Å²) in [5.41, 5.74) is 0.922. The molecule has 7 heteroatoms. The molecule has 0 unspecified atom stereocenters. The number of nitrogens with one attached hydrogen (secondary N) is 2. The molecule has 19 heavy (non-hydrogen) atoms. The highest BCUT2D eigenvalue weighted by molar-refractivity contribution is 9.10. The van der Waals surface area contributed by atoms with Crippen molar-refractivity contribution in [2.45, 2.75) is 13.3 Å². The van der Waals surface area contributed by atoms with Gasteiger partial charge in [0.1, 0.15) is 0 Å². The van der Waals surface area contributed by atoms with E-state index in [1.807, 2.05) is 31.2 Å². The predicted molar refractivity (Wildman–Crippen MR) is 74.0 cm³/mol. The van der Waals surface area contributed by atoms with Crippen LogP contribution in [0.25, 0.3) is 0 Å². The molecule has 2 rings (SSSR count). The molecular formula is C12H13BrN4O2. The van der Waals surface area contributed by atoms with Crippen molar-refractivity contribution in [1.29, 1.82) is 0 Å². The highest BCUT2D eigenvalue weighted by atomic mass is 79.9. The summed E-state index contributed by atoms with van der Waals surface area (Å²) in [5.74, 6) is 0.118. The minimum Gasteiger partial charge on any atom is -0.463 e. The molecule has 0 saturated carbocycles. The average molecular weight is 325 g/mol. The second-order valence-electron chi connectivity index (χ2n) is 3.75. The number of H-pyrrole nitrogens is 1. The van der Waals surface area contributed by atoms with Crippen LogP contribution >= 0.6 is 15.9 Å². The Bertz CT molecular complexity index is 553. The van der Waals surface area contributed by atoms with Gasteiger partial charge in [0.15, 0.2) is 0 Å². The molecule has 0 spiro atoms. The molecule has 100 valence electrons. The molecule has 0 radical (unpaired) electrons. The van der Waals surface area contributed by atoms with Crippen molar-refractivity contribution < 1.29 is 9.53 Å². The van der Waals surface area contributed by atoms with Crippen LogP contribution in [-0.4, -0.2) is 27.7 Å². The van der Waals surface area contributed by atoms with Crippen molar-refractivity contribution in [3.05, 3.63) is 34.3 Å². The molecule has 1 aromatic carbocycles. The van der Waals surface area contributed by atoms with Gasteiger partial charge in [-0.3, -0.25) is 10.1 Å². The molecule has 0 aliphatic heterocycles. The first-order valence-corrected chi connectivity index (χ1v) is 6.56. The minimum atomic E-state index is -0.165. The maximum absolute atomic E-state index is 11.8. The number of carbonyl (C=O) groups is 1. The van der Waals surface area contributed by atoms with Crippen molar-refractivity contribution >= 4 is 27.8 Å². The number of benzene rings is 1. The van der Waals surface area contributed by atoms with E-state index in [4.69, 9.17) is 4.74 Å². The van der Waals surface area contributed by atoms with Crippen LogP contribution in [-0.2, 0) is 11.2 Å². The number of amides is 1. The third-order valence-electron chi connectivity index (χ3n) is 2.27. The summed E-state index contributed by atoms with van der Waals surface area (Å²) in [7, 11) is 0. The Hall–Kier alpha value is -1.89. The molecule has 0 aliphatic rings. The fourth-order valence-electron chi connectivity index (χ4n) is 1.46. The summed E-state index contributed by atoms with van der Waals surface area (Å²) in [6.07, 6.45) is 0.276. The molecule has 1 amide bonds. The molecule has 1 heterocycles. The second-order valence-corrected chi connectivity index (χ2v) is 4.67. The highest BCUT2D eigenvalue weighted by Gasteiger charge is 2.08. The molecule has 1 aromatic heterocycles. The van der Waals surface area contributed by atoms with Gasteiger partial charge in [-0.1, -0.05) is 28.1 Å². The van der Waals surface area contributed by atoms with Gasteiger partial charge in [0.05, 0.1) is 13.0 Å². The summed E-state index contributed by atoms with van der Waals surface area (Å²) in [5, 5.41) is 9.01. The molecule has 0 aliphatic carbocycles. The summed E-state index contributed by atoms with van der Waals surface area (Å²) >= 11 is 3.35. The number of nitrogens with zero attached hydrogens (tertiary/aromatic N) is 2. The lowest BCUT2D eigenvalue weighted by atomic mass is 10.1. The van der Waals surface area contributed by atoms with Crippen LogP contribution in [0.4, 0.5) is 5.95 Å². The largest absolute Gasteiger partial charge is 0.463 e. The number of ether oxygens (including phenoxy) is 1. The van der Waals surface area contributed by atoms with Crippen LogP contribution in [0.2, 0.25) is 0 Å². The van der Waals surface area contributed by atoms with Crippen LogP contribution in [0.15, 0.2) is 28.7 Å². The third kappa shape index (κ3) is 4.06. The first-order valence-electron chi connectivity index (χ1n) is 5.77. The normalized spacial score (nSPS) is 10.2. The smallest absolute Gasteiger partial charge is 0.337 e. The van der Waals surface area contributed by atoms with Gasteiger partial charge in [-0.2, -0.15) is 4.98 Å². The van der Waals surface area contributed by atoms with Gasteiger partial charge in [0.2, 0.25) is 11.9 Å². The highest BCUT2D eigenvalue weighted by Crippen LogP contribution is 2.11. The number of hydrogen-bond donors (Lipinski definition) is 2. The molecule has 0 bridgehead atoms. The van der Waals surface area contributed by atoms with Crippen LogP contribution in [0, 0.1) is 0 Å². The number of halogens is 1. The zero-order chi connectivity index (χ0) is 13.7. The van der Waals surface area contributed by atoms with Gasteiger partial charge >= 0.3 is 6.01 Å². The van der Waals surface area contributed by atoms with E-state index in [1.54, 1.807) is 0 Å². The predicted octanol–water partition coefficient (Wildman–Crippen LogP) is 2.15. The molecule has 0 saturated heterocycles. The summed E-state index contributed by atoms with van der Waals surface area (Å²) < 4.78 is 6.07. The standard InChI is InChI=1S/C12H13BrN4O2/c1-2-19-12-15-11(16-17-12)14-10(18)7-8-3-5-9(13)6-4-8/h3-6H,2,7H2,1H3,(H2,14,15,16,17,18). The summed E-state index contributed by atoms with van der Waals surface area (Å²) in [6, 6.07) is 7.78. The van der Waals surface area contributed by atoms with Gasteiger partial charge in [-0.25, -0.2) is 5.10 Å². The van der Waals surface area contributed by atoms with Gasteiger partial charge in [0, 0.05) is 4.47 Å². The van der Waals surface area contributed by atoms with E-state index in [9.17, 15) is 4.79 Å². The van der Waals surface area contributed by atoms with Crippen molar-refractivity contribution in [3.8, 4) is 6.01 Å². The quantitative estimate of drug-likeness (QED) is 0.883. The lowest BCUT2D eigenvalue weighted by Crippen LogP contribution is -2.15. The Morgan fingerprint density at radius 3 is 2.84 bits per heavy atom. The molecule has 0 atom stereocenters. The van der Waals surface area contributed by atoms with Crippen LogP contribution in [0.1, 0.15) is 12.5 Å². The number of hydrogen-bond acceptors (Lipinski definition) is 4. The lowest BCUT2D eigenvalue weighted by Gasteiger charge is -2.01. The number of rotatable bonds is 5. The first-order chi connectivity index (χ1) is 9.17. The van der Waals surface area contributed by atoms with Crippen LogP contribution < -0.4 is 10.1 Å². The summed E-state index contributed by atoms with van der Waals surface area (Å²) in [4.78, 5) is 15.7. The monoisotopic (exact) mass is 324 g/mol. The Morgan fingerprint density at radius 2 is 2.16 bits per heavy atom. The lowest BCUT2D eigenvalue weighted by molar-refractivity contribution is -0.115. The van der Waals surface area contributed by atoms with Crippen molar-refractivity contribution in [2.24, 2.45) is 0 Å². The Morgan fingerprint density at radius 1 is 1.42 bits per heavy atom. The van der Waals surface area contributed by atoms with Gasteiger partial charge in [0.25, 0.3) is 0 Å². The third-order valence-corrected chi connectivity index (χ3v) is 2.80. The van der Waals surface area contributed by atoms with Crippen molar-refractivity contribution in [1.82, 2.24) is 15.2 Å². The van der Waals surface area contributed by atoms with E-state index >= 15 is 0 Å². The van der Waals surface area contributed by atoms with Crippen LogP contribution in [0.3, 0.4) is 0 Å². The molecule has 2 N–H and O–H groups in total. The second kappa shape index (κ2) is 6.33. The fourth-order valence-corrected chi connectivity index (χ4v) is 1.72. The van der Waals surface area contributed by atoms with Gasteiger partial charge in [-0.05, 0) is 24.6 Å². The van der Waals surface area contributed by atoms with Crippen LogP contribution in [0.5, 0.6) is 6.01 Å². The van der Waals surface area contributed by atoms with E-state index in [2.05, 4.69) is 36.4 Å². The number of aromatic nitrogens is 3. The Labute approximate surface area is 118 Å². The van der Waals surface area contributed by atoms with Crippen molar-refractivity contribution in [2.75, 3.05) is 11.9 Å². The summed E-state index contributed by atoms with van der Waals surface area (Å²) in [6.45, 7) is 2.31. The number of aromatic amines is 1. The van der Waals surface area contributed by atoms with E-state index in [0.717, 1.165) is 10.0 Å². The van der Waals surface area contributed by atoms with Gasteiger partial charge in [-0.15, -0.1) is 5.10 Å². The van der Waals surface area contributed by atoms with E-state index < -0.39 is 0 Å². The Kier molecular flexibility index (Phi) is 4.51.